The first kappa shape index (κ1) is 10.6. The third-order valence-electron chi connectivity index (χ3n) is 2.48. The molecule has 16 heavy (non-hydrogen) atoms. The van der Waals surface area contributed by atoms with Crippen LogP contribution in [0.2, 0.25) is 0 Å². The number of hydrogen-bond donors (Lipinski definition) is 1. The Kier molecular flexibility index (Phi) is 3.15. The third-order valence-corrected chi connectivity index (χ3v) is 2.48. The predicted octanol–water partition coefficient (Wildman–Crippen LogP) is 2.65. The molecule has 0 bridgehead atoms. The van der Waals surface area contributed by atoms with Crippen LogP contribution in [-0.4, -0.2) is 11.7 Å². The molecule has 1 heterocycles. The molecule has 2 aromatic rings. The summed E-state index contributed by atoms with van der Waals surface area (Å²) in [4.78, 5) is 0. The quantitative estimate of drug-likeness (QED) is 0.850. The van der Waals surface area contributed by atoms with Crippen molar-refractivity contribution in [3.8, 4) is 5.75 Å². The SMILES string of the molecule is COc1ccc(NCc2ccn(C)c2)cc1. The fraction of sp³-hybridized carbons (Fsp3) is 0.231. The predicted molar refractivity (Wildman–Crippen MR) is 65.7 cm³/mol. The topological polar surface area (TPSA) is 26.2 Å². The number of ether oxygens (including phenoxy) is 1. The highest BCUT2D eigenvalue weighted by Gasteiger charge is 1.96. The maximum Gasteiger partial charge on any atom is 0.119 e. The van der Waals surface area contributed by atoms with Crippen molar-refractivity contribution in [1.29, 1.82) is 0 Å². The lowest BCUT2D eigenvalue weighted by Gasteiger charge is -2.05. The molecule has 0 fully saturated rings. The molecule has 0 saturated heterocycles. The maximum atomic E-state index is 5.10. The second-order valence-electron chi connectivity index (χ2n) is 3.77. The highest BCUT2D eigenvalue weighted by Crippen LogP contribution is 2.15. The van der Waals surface area contributed by atoms with Crippen molar-refractivity contribution in [2.45, 2.75) is 6.54 Å². The summed E-state index contributed by atoms with van der Waals surface area (Å²) in [5.41, 5.74) is 2.38. The van der Waals surface area contributed by atoms with E-state index in [1.54, 1.807) is 7.11 Å². The molecule has 0 saturated carbocycles. The third kappa shape index (κ3) is 2.57. The van der Waals surface area contributed by atoms with Crippen molar-refractivity contribution >= 4 is 5.69 Å². The molecule has 0 aliphatic heterocycles. The van der Waals surface area contributed by atoms with Crippen molar-refractivity contribution in [2.24, 2.45) is 7.05 Å². The van der Waals surface area contributed by atoms with Crippen LogP contribution in [-0.2, 0) is 13.6 Å². The van der Waals surface area contributed by atoms with Gasteiger partial charge in [0.25, 0.3) is 0 Å². The van der Waals surface area contributed by atoms with Crippen molar-refractivity contribution in [1.82, 2.24) is 4.57 Å². The van der Waals surface area contributed by atoms with E-state index in [1.165, 1.54) is 5.56 Å². The number of methoxy groups -OCH3 is 1. The van der Waals surface area contributed by atoms with Crippen molar-refractivity contribution < 1.29 is 4.74 Å². The summed E-state index contributed by atoms with van der Waals surface area (Å²) in [6.07, 6.45) is 4.15. The molecule has 0 aliphatic carbocycles. The van der Waals surface area contributed by atoms with E-state index in [2.05, 4.69) is 17.6 Å². The van der Waals surface area contributed by atoms with Gasteiger partial charge in [0.05, 0.1) is 7.11 Å². The number of nitrogens with zero attached hydrogens (tertiary/aromatic N) is 1. The lowest BCUT2D eigenvalue weighted by molar-refractivity contribution is 0.415. The average Bonchev–Trinajstić information content (AvgIpc) is 2.73. The summed E-state index contributed by atoms with van der Waals surface area (Å²) in [6, 6.07) is 10.0. The van der Waals surface area contributed by atoms with E-state index in [-0.39, 0.29) is 0 Å². The molecule has 3 nitrogen and oxygen atoms in total. The van der Waals surface area contributed by atoms with Gasteiger partial charge in [0.15, 0.2) is 0 Å². The lowest BCUT2D eigenvalue weighted by atomic mass is 10.3. The second-order valence-corrected chi connectivity index (χ2v) is 3.77. The normalized spacial score (nSPS) is 10.1. The minimum Gasteiger partial charge on any atom is -0.497 e. The van der Waals surface area contributed by atoms with Crippen LogP contribution in [0.3, 0.4) is 0 Å². The smallest absolute Gasteiger partial charge is 0.119 e. The van der Waals surface area contributed by atoms with E-state index in [9.17, 15) is 0 Å². The zero-order chi connectivity index (χ0) is 11.4. The molecule has 0 spiro atoms. The van der Waals surface area contributed by atoms with Crippen LogP contribution < -0.4 is 10.1 Å². The van der Waals surface area contributed by atoms with Crippen LogP contribution in [0.1, 0.15) is 5.56 Å². The molecule has 1 aromatic heterocycles. The van der Waals surface area contributed by atoms with Gasteiger partial charge >= 0.3 is 0 Å². The molecule has 0 aliphatic rings. The fourth-order valence-electron chi connectivity index (χ4n) is 1.58. The van der Waals surface area contributed by atoms with E-state index in [1.807, 2.05) is 42.1 Å². The Morgan fingerprint density at radius 3 is 2.50 bits per heavy atom. The van der Waals surface area contributed by atoms with E-state index in [0.717, 1.165) is 18.0 Å². The monoisotopic (exact) mass is 216 g/mol. The van der Waals surface area contributed by atoms with Crippen LogP contribution in [0.5, 0.6) is 5.75 Å². The minimum absolute atomic E-state index is 0.840. The largest absolute Gasteiger partial charge is 0.497 e. The Hall–Kier alpha value is -1.90. The first-order valence-electron chi connectivity index (χ1n) is 5.27. The highest BCUT2D eigenvalue weighted by atomic mass is 16.5. The molecule has 3 heteroatoms. The van der Waals surface area contributed by atoms with Crippen molar-refractivity contribution in [2.75, 3.05) is 12.4 Å². The van der Waals surface area contributed by atoms with Gasteiger partial charge in [-0.3, -0.25) is 0 Å². The summed E-state index contributed by atoms with van der Waals surface area (Å²) in [6.45, 7) is 0.840. The van der Waals surface area contributed by atoms with Gasteiger partial charge in [0, 0.05) is 31.7 Å². The Morgan fingerprint density at radius 2 is 1.94 bits per heavy atom. The summed E-state index contributed by atoms with van der Waals surface area (Å²) < 4.78 is 7.15. The number of benzene rings is 1. The zero-order valence-electron chi connectivity index (χ0n) is 9.60. The van der Waals surface area contributed by atoms with E-state index in [4.69, 9.17) is 4.74 Å². The summed E-state index contributed by atoms with van der Waals surface area (Å²) >= 11 is 0. The van der Waals surface area contributed by atoms with E-state index in [0.29, 0.717) is 0 Å². The number of aryl methyl sites for hydroxylation is 1. The number of hydrogen-bond acceptors (Lipinski definition) is 2. The number of aromatic nitrogens is 1. The van der Waals surface area contributed by atoms with Gasteiger partial charge in [0.1, 0.15) is 5.75 Å². The van der Waals surface area contributed by atoms with Crippen LogP contribution in [0, 0.1) is 0 Å². The molecule has 84 valence electrons. The molecule has 0 amide bonds. The molecule has 0 radical (unpaired) electrons. The first-order valence-corrected chi connectivity index (χ1v) is 5.27. The van der Waals surface area contributed by atoms with Crippen molar-refractivity contribution in [3.05, 3.63) is 48.3 Å². The van der Waals surface area contributed by atoms with Gasteiger partial charge < -0.3 is 14.6 Å². The molecular weight excluding hydrogens is 200 g/mol. The molecule has 0 unspecified atom stereocenters. The van der Waals surface area contributed by atoms with E-state index >= 15 is 0 Å². The van der Waals surface area contributed by atoms with Gasteiger partial charge in [-0.1, -0.05) is 0 Å². The number of anilines is 1. The van der Waals surface area contributed by atoms with Gasteiger partial charge in [-0.2, -0.15) is 0 Å². The number of nitrogens with one attached hydrogen (secondary N) is 1. The average molecular weight is 216 g/mol. The molecule has 2 rings (SSSR count). The Bertz CT molecular complexity index is 445. The van der Waals surface area contributed by atoms with Gasteiger partial charge in [-0.15, -0.1) is 0 Å². The Morgan fingerprint density at radius 1 is 1.19 bits per heavy atom. The molecule has 1 N–H and O–H groups in total. The standard InChI is InChI=1S/C13H16N2O/c1-15-8-7-11(10-15)9-14-12-3-5-13(16-2)6-4-12/h3-8,10,14H,9H2,1-2H3. The fourth-order valence-corrected chi connectivity index (χ4v) is 1.58. The Labute approximate surface area is 95.7 Å². The van der Waals surface area contributed by atoms with Crippen LogP contribution in [0.15, 0.2) is 42.7 Å². The first-order chi connectivity index (χ1) is 7.78. The van der Waals surface area contributed by atoms with Gasteiger partial charge in [-0.05, 0) is 35.9 Å². The summed E-state index contributed by atoms with van der Waals surface area (Å²) in [7, 11) is 3.70. The van der Waals surface area contributed by atoms with Crippen LogP contribution in [0.4, 0.5) is 5.69 Å². The maximum absolute atomic E-state index is 5.10. The van der Waals surface area contributed by atoms with Crippen LogP contribution >= 0.6 is 0 Å². The molecular formula is C13H16N2O. The minimum atomic E-state index is 0.840. The van der Waals surface area contributed by atoms with Gasteiger partial charge in [-0.25, -0.2) is 0 Å². The van der Waals surface area contributed by atoms with Crippen LogP contribution in [0.25, 0.3) is 0 Å². The molecule has 0 atom stereocenters. The Balaban J connectivity index is 1.94. The summed E-state index contributed by atoms with van der Waals surface area (Å²) in [5, 5.41) is 3.36. The van der Waals surface area contributed by atoms with E-state index < -0.39 is 0 Å². The molecule has 1 aromatic carbocycles. The number of rotatable bonds is 4. The summed E-state index contributed by atoms with van der Waals surface area (Å²) in [5.74, 6) is 0.880. The zero-order valence-corrected chi connectivity index (χ0v) is 9.60. The lowest BCUT2D eigenvalue weighted by Crippen LogP contribution is -1.98. The van der Waals surface area contributed by atoms with Crippen molar-refractivity contribution in [3.63, 3.8) is 0 Å². The highest BCUT2D eigenvalue weighted by molar-refractivity contribution is 5.46. The second kappa shape index (κ2) is 4.75. The van der Waals surface area contributed by atoms with Gasteiger partial charge in [0.2, 0.25) is 0 Å².